The van der Waals surface area contributed by atoms with Crippen molar-refractivity contribution in [3.8, 4) is 11.4 Å². The van der Waals surface area contributed by atoms with Crippen molar-refractivity contribution < 1.29 is 14.0 Å². The van der Waals surface area contributed by atoms with Gasteiger partial charge in [-0.05, 0) is 19.1 Å². The fourth-order valence-corrected chi connectivity index (χ4v) is 3.69. The van der Waals surface area contributed by atoms with E-state index in [4.69, 9.17) is 0 Å². The predicted octanol–water partition coefficient (Wildman–Crippen LogP) is 2.81. The summed E-state index contributed by atoms with van der Waals surface area (Å²) in [4.78, 5) is 26.5. The normalized spacial score (nSPS) is 15.5. The number of aromatic nitrogens is 3. The molecule has 30 heavy (non-hydrogen) atoms. The van der Waals surface area contributed by atoms with Crippen LogP contribution in [0.4, 0.5) is 4.39 Å². The first-order valence-electron chi connectivity index (χ1n) is 9.84. The standard InChI is InChI=1S/C22H22FN5O2/c1-15-13-27(14-19-25-26-21(28(15)19)16-7-3-2-4-8-16)20(29)11-12-24-22(30)17-9-5-6-10-18(17)23/h2-10,15H,11-14H2,1H3,(H,24,30)/t15-/m0/s1. The van der Waals surface area contributed by atoms with Crippen LogP contribution < -0.4 is 5.32 Å². The lowest BCUT2D eigenvalue weighted by Crippen LogP contribution is -2.41. The lowest BCUT2D eigenvalue weighted by molar-refractivity contribution is -0.133. The van der Waals surface area contributed by atoms with Crippen molar-refractivity contribution in [2.75, 3.05) is 13.1 Å². The average molecular weight is 407 g/mol. The Kier molecular flexibility index (Phi) is 5.56. The SMILES string of the molecule is C[C@H]1CN(C(=O)CCNC(=O)c2ccccc2F)Cc2nnc(-c3ccccc3)n21. The van der Waals surface area contributed by atoms with Crippen LogP contribution in [0.5, 0.6) is 0 Å². The minimum absolute atomic E-state index is 0.0240. The molecule has 0 spiro atoms. The van der Waals surface area contributed by atoms with Crippen LogP contribution in [0.15, 0.2) is 54.6 Å². The molecule has 1 atom stereocenters. The van der Waals surface area contributed by atoms with Crippen molar-refractivity contribution >= 4 is 11.8 Å². The summed E-state index contributed by atoms with van der Waals surface area (Å²) in [7, 11) is 0. The number of fused-ring (bicyclic) bond motifs is 1. The Bertz CT molecular complexity index is 1070. The molecule has 2 heterocycles. The van der Waals surface area contributed by atoms with Crippen molar-refractivity contribution in [2.45, 2.75) is 25.9 Å². The third-order valence-electron chi connectivity index (χ3n) is 5.15. The van der Waals surface area contributed by atoms with Gasteiger partial charge in [-0.3, -0.25) is 9.59 Å². The van der Waals surface area contributed by atoms with Gasteiger partial charge in [-0.25, -0.2) is 4.39 Å². The highest BCUT2D eigenvalue weighted by molar-refractivity contribution is 5.94. The van der Waals surface area contributed by atoms with Crippen LogP contribution in [0.25, 0.3) is 11.4 Å². The fraction of sp³-hybridized carbons (Fsp3) is 0.273. The largest absolute Gasteiger partial charge is 0.351 e. The third-order valence-corrected chi connectivity index (χ3v) is 5.15. The molecule has 3 aromatic rings. The molecular weight excluding hydrogens is 385 g/mol. The van der Waals surface area contributed by atoms with Gasteiger partial charge in [0.1, 0.15) is 5.82 Å². The molecule has 0 radical (unpaired) electrons. The van der Waals surface area contributed by atoms with E-state index in [2.05, 4.69) is 20.1 Å². The van der Waals surface area contributed by atoms with Gasteiger partial charge in [-0.15, -0.1) is 10.2 Å². The molecule has 8 heteroatoms. The van der Waals surface area contributed by atoms with Crippen molar-refractivity contribution in [3.05, 3.63) is 71.8 Å². The van der Waals surface area contributed by atoms with Gasteiger partial charge in [0.05, 0.1) is 18.2 Å². The molecule has 1 aromatic heterocycles. The number of hydrogen-bond donors (Lipinski definition) is 1. The van der Waals surface area contributed by atoms with Crippen molar-refractivity contribution in [2.24, 2.45) is 0 Å². The van der Waals surface area contributed by atoms with Gasteiger partial charge >= 0.3 is 0 Å². The molecule has 0 aliphatic carbocycles. The summed E-state index contributed by atoms with van der Waals surface area (Å²) in [5.74, 6) is 0.324. The van der Waals surface area contributed by atoms with Gasteiger partial charge in [0.15, 0.2) is 11.6 Å². The Labute approximate surface area is 173 Å². The zero-order valence-electron chi connectivity index (χ0n) is 16.6. The second-order valence-electron chi connectivity index (χ2n) is 7.28. The second kappa shape index (κ2) is 8.44. The lowest BCUT2D eigenvalue weighted by Gasteiger charge is -2.32. The highest BCUT2D eigenvalue weighted by Crippen LogP contribution is 2.27. The summed E-state index contributed by atoms with van der Waals surface area (Å²) in [5, 5.41) is 11.2. The van der Waals surface area contributed by atoms with E-state index < -0.39 is 11.7 Å². The van der Waals surface area contributed by atoms with Crippen LogP contribution in [-0.2, 0) is 11.3 Å². The zero-order valence-corrected chi connectivity index (χ0v) is 16.6. The van der Waals surface area contributed by atoms with E-state index in [9.17, 15) is 14.0 Å². The van der Waals surface area contributed by atoms with Crippen molar-refractivity contribution in [3.63, 3.8) is 0 Å². The first-order valence-corrected chi connectivity index (χ1v) is 9.84. The Balaban J connectivity index is 1.37. The number of carbonyl (C=O) groups is 2. The molecule has 2 amide bonds. The van der Waals surface area contributed by atoms with Gasteiger partial charge in [0.2, 0.25) is 5.91 Å². The highest BCUT2D eigenvalue weighted by atomic mass is 19.1. The maximum Gasteiger partial charge on any atom is 0.254 e. The van der Waals surface area contributed by atoms with Gasteiger partial charge < -0.3 is 14.8 Å². The Morgan fingerprint density at radius 2 is 1.83 bits per heavy atom. The number of nitrogens with one attached hydrogen (secondary N) is 1. The number of rotatable bonds is 5. The summed E-state index contributed by atoms with van der Waals surface area (Å²) < 4.78 is 15.7. The van der Waals surface area contributed by atoms with E-state index in [0.717, 1.165) is 17.2 Å². The molecule has 154 valence electrons. The predicted molar refractivity (Wildman–Crippen MR) is 109 cm³/mol. The molecule has 2 aromatic carbocycles. The van der Waals surface area contributed by atoms with E-state index in [0.29, 0.717) is 13.1 Å². The maximum absolute atomic E-state index is 13.7. The number of benzene rings is 2. The smallest absolute Gasteiger partial charge is 0.254 e. The summed E-state index contributed by atoms with van der Waals surface area (Å²) >= 11 is 0. The van der Waals surface area contributed by atoms with Gasteiger partial charge in [-0.1, -0.05) is 42.5 Å². The quantitative estimate of drug-likeness (QED) is 0.705. The third kappa shape index (κ3) is 3.94. The minimum Gasteiger partial charge on any atom is -0.351 e. The summed E-state index contributed by atoms with van der Waals surface area (Å²) in [6.07, 6.45) is 0.132. The Morgan fingerprint density at radius 1 is 1.10 bits per heavy atom. The van der Waals surface area contributed by atoms with E-state index >= 15 is 0 Å². The topological polar surface area (TPSA) is 80.1 Å². The highest BCUT2D eigenvalue weighted by Gasteiger charge is 2.29. The van der Waals surface area contributed by atoms with E-state index in [1.807, 2.05) is 37.3 Å². The van der Waals surface area contributed by atoms with Crippen LogP contribution >= 0.6 is 0 Å². The van der Waals surface area contributed by atoms with Gasteiger partial charge in [0.25, 0.3) is 5.91 Å². The lowest BCUT2D eigenvalue weighted by atomic mass is 10.1. The number of nitrogens with zero attached hydrogens (tertiary/aromatic N) is 4. The van der Waals surface area contributed by atoms with Gasteiger partial charge in [0, 0.05) is 25.1 Å². The Hall–Kier alpha value is -3.55. The van der Waals surface area contributed by atoms with Crippen molar-refractivity contribution in [1.29, 1.82) is 0 Å². The molecule has 1 N–H and O–H groups in total. The molecule has 0 fully saturated rings. The summed E-state index contributed by atoms with van der Waals surface area (Å²) in [6.45, 7) is 3.06. The summed E-state index contributed by atoms with van der Waals surface area (Å²) in [6, 6.07) is 15.6. The first kappa shape index (κ1) is 19.8. The molecule has 0 saturated carbocycles. The van der Waals surface area contributed by atoms with Gasteiger partial charge in [-0.2, -0.15) is 0 Å². The van der Waals surface area contributed by atoms with E-state index in [1.165, 1.54) is 18.2 Å². The Morgan fingerprint density at radius 3 is 2.60 bits per heavy atom. The van der Waals surface area contributed by atoms with Crippen LogP contribution in [0, 0.1) is 5.82 Å². The molecule has 1 aliphatic rings. The molecule has 7 nitrogen and oxygen atoms in total. The van der Waals surface area contributed by atoms with Crippen LogP contribution in [0.3, 0.4) is 0 Å². The van der Waals surface area contributed by atoms with E-state index in [-0.39, 0.29) is 30.5 Å². The first-order chi connectivity index (χ1) is 14.5. The molecule has 1 aliphatic heterocycles. The maximum atomic E-state index is 13.7. The monoisotopic (exact) mass is 407 g/mol. The van der Waals surface area contributed by atoms with Crippen molar-refractivity contribution in [1.82, 2.24) is 25.0 Å². The molecular formula is C22H22FN5O2. The molecule has 4 rings (SSSR count). The number of hydrogen-bond acceptors (Lipinski definition) is 4. The number of carbonyl (C=O) groups excluding carboxylic acids is 2. The number of halogens is 1. The molecule has 0 bridgehead atoms. The summed E-state index contributed by atoms with van der Waals surface area (Å²) in [5.41, 5.74) is 0.955. The van der Waals surface area contributed by atoms with Crippen LogP contribution in [-0.4, -0.2) is 44.6 Å². The molecule has 0 saturated heterocycles. The van der Waals surface area contributed by atoms with Crippen LogP contribution in [0.2, 0.25) is 0 Å². The zero-order chi connectivity index (χ0) is 21.1. The van der Waals surface area contributed by atoms with E-state index in [1.54, 1.807) is 11.0 Å². The minimum atomic E-state index is -0.584. The number of amides is 2. The second-order valence-corrected chi connectivity index (χ2v) is 7.28. The average Bonchev–Trinajstić information content (AvgIpc) is 3.19. The van der Waals surface area contributed by atoms with Crippen LogP contribution in [0.1, 0.15) is 35.6 Å². The fourth-order valence-electron chi connectivity index (χ4n) is 3.69. The molecule has 0 unspecified atom stereocenters.